The molecule has 3 aliphatic carbocycles. The summed E-state index contributed by atoms with van der Waals surface area (Å²) in [7, 11) is 0. The smallest absolute Gasteiger partial charge is 0.308 e. The van der Waals surface area contributed by atoms with Gasteiger partial charge < -0.3 is 10.4 Å². The molecule has 10 heteroatoms. The van der Waals surface area contributed by atoms with Gasteiger partial charge in [0.1, 0.15) is 11.8 Å². The molecule has 3 aromatic heterocycles. The molecule has 3 N–H and O–H groups in total. The number of pyridine rings is 2. The third kappa shape index (κ3) is 3.17. The highest BCUT2D eigenvalue weighted by Gasteiger charge is 2.47. The average Bonchev–Trinajstić information content (AvgIpc) is 3.20. The van der Waals surface area contributed by atoms with E-state index in [1.807, 2.05) is 6.07 Å². The third-order valence-electron chi connectivity index (χ3n) is 6.91. The van der Waals surface area contributed by atoms with Crippen LogP contribution >= 0.6 is 11.6 Å². The van der Waals surface area contributed by atoms with Gasteiger partial charge in [-0.15, -0.1) is 0 Å². The summed E-state index contributed by atoms with van der Waals surface area (Å²) < 4.78 is 15.3. The van der Waals surface area contributed by atoms with E-state index in [2.05, 4.69) is 25.5 Å². The van der Waals surface area contributed by atoms with Gasteiger partial charge in [0.2, 0.25) is 0 Å². The number of rotatable bonds is 4. The molecule has 0 aromatic carbocycles. The molecule has 3 aromatic rings. The Hall–Kier alpha value is -3.25. The lowest BCUT2D eigenvalue weighted by Crippen LogP contribution is -2.51. The second-order valence-corrected chi connectivity index (χ2v) is 9.00. The average molecular weight is 455 g/mol. The van der Waals surface area contributed by atoms with E-state index in [4.69, 9.17) is 11.6 Å². The van der Waals surface area contributed by atoms with E-state index < -0.39 is 23.7 Å². The minimum Gasteiger partial charge on any atom is -0.481 e. The van der Waals surface area contributed by atoms with Gasteiger partial charge in [0, 0.05) is 23.2 Å². The fraction of sp³-hybridized carbons (Fsp3) is 0.409. The molecule has 0 amide bonds. The van der Waals surface area contributed by atoms with Gasteiger partial charge in [-0.2, -0.15) is 10.4 Å². The molecule has 3 heterocycles. The summed E-state index contributed by atoms with van der Waals surface area (Å²) in [6.07, 6.45) is 5.03. The molecule has 0 saturated heterocycles. The molecule has 3 aliphatic rings. The normalized spacial score (nSPS) is 24.4. The van der Waals surface area contributed by atoms with Gasteiger partial charge in [-0.25, -0.2) is 14.4 Å². The number of aliphatic carboxylic acids is 1. The molecule has 2 atom stereocenters. The molecule has 0 unspecified atom stereocenters. The summed E-state index contributed by atoms with van der Waals surface area (Å²) in [5.41, 5.74) is 1.21. The van der Waals surface area contributed by atoms with Crippen LogP contribution in [0.5, 0.6) is 0 Å². The summed E-state index contributed by atoms with van der Waals surface area (Å²) in [5, 5.41) is 30.6. The number of aromatic amines is 1. The number of aromatic nitrogens is 4. The van der Waals surface area contributed by atoms with Crippen molar-refractivity contribution in [1.82, 2.24) is 20.2 Å². The number of H-pyrrole nitrogens is 1. The molecule has 8 nitrogen and oxygen atoms in total. The highest BCUT2D eigenvalue weighted by molar-refractivity contribution is 6.31. The molecule has 0 spiro atoms. The Labute approximate surface area is 187 Å². The molecule has 164 valence electrons. The summed E-state index contributed by atoms with van der Waals surface area (Å²) >= 11 is 6.09. The third-order valence-corrected chi connectivity index (χ3v) is 7.11. The van der Waals surface area contributed by atoms with Crippen molar-refractivity contribution in [3.63, 3.8) is 0 Å². The van der Waals surface area contributed by atoms with Crippen LogP contribution in [-0.4, -0.2) is 37.3 Å². The van der Waals surface area contributed by atoms with E-state index in [-0.39, 0.29) is 34.5 Å². The Morgan fingerprint density at radius 2 is 2.06 bits per heavy atom. The van der Waals surface area contributed by atoms with Crippen LogP contribution < -0.4 is 5.32 Å². The zero-order valence-corrected chi connectivity index (χ0v) is 17.9. The Morgan fingerprint density at radius 3 is 2.75 bits per heavy atom. The van der Waals surface area contributed by atoms with Crippen molar-refractivity contribution in [3.05, 3.63) is 34.2 Å². The van der Waals surface area contributed by atoms with Crippen LogP contribution in [0.25, 0.3) is 22.4 Å². The van der Waals surface area contributed by atoms with Gasteiger partial charge in [0.15, 0.2) is 17.3 Å². The SMILES string of the molecule is Cc1c(F)c(N[C@H]2C3CCC(CC3)[C@@H]2C(=O)O)nc(-c2[nH]nc3ncc(Cl)cc23)c1C#N. The fourth-order valence-corrected chi connectivity index (χ4v) is 5.48. The van der Waals surface area contributed by atoms with Crippen molar-refractivity contribution in [3.8, 4) is 17.5 Å². The number of halogens is 2. The van der Waals surface area contributed by atoms with E-state index in [9.17, 15) is 15.2 Å². The molecule has 32 heavy (non-hydrogen) atoms. The van der Waals surface area contributed by atoms with Crippen molar-refractivity contribution >= 4 is 34.4 Å². The minimum atomic E-state index is -0.872. The van der Waals surface area contributed by atoms with Crippen LogP contribution in [0, 0.1) is 41.8 Å². The van der Waals surface area contributed by atoms with Crippen LogP contribution in [0.2, 0.25) is 5.02 Å². The fourth-order valence-electron chi connectivity index (χ4n) is 5.32. The lowest BCUT2D eigenvalue weighted by Gasteiger charge is -2.47. The van der Waals surface area contributed by atoms with Gasteiger partial charge in [-0.1, -0.05) is 11.6 Å². The van der Waals surface area contributed by atoms with Crippen LogP contribution in [0.1, 0.15) is 36.8 Å². The first-order valence-electron chi connectivity index (χ1n) is 10.5. The minimum absolute atomic E-state index is 0.0574. The molecule has 3 saturated carbocycles. The van der Waals surface area contributed by atoms with Crippen molar-refractivity contribution in [2.24, 2.45) is 17.8 Å². The molecule has 3 fully saturated rings. The van der Waals surface area contributed by atoms with Gasteiger partial charge in [-0.05, 0) is 50.5 Å². The predicted molar refractivity (Wildman–Crippen MR) is 116 cm³/mol. The maximum atomic E-state index is 15.3. The standard InChI is InChI=1S/C22H20ClFN6O2/c1-9-14(7-25)18(19-13-6-12(23)8-26-20(13)30-29-19)28-21(16(9)24)27-17-11-4-2-10(3-5-11)15(17)22(31)32/h6,8,10-11,15,17H,2-5H2,1H3,(H,27,28)(H,31,32)(H,26,29,30)/t10?,11?,15-,17-/m0/s1. The van der Waals surface area contributed by atoms with Gasteiger partial charge in [0.05, 0.1) is 22.2 Å². The molecule has 0 aliphatic heterocycles. The van der Waals surface area contributed by atoms with Gasteiger partial charge in [0.25, 0.3) is 0 Å². The number of carboxylic acids is 1. The quantitative estimate of drug-likeness (QED) is 0.536. The number of carboxylic acid groups (broad SMARTS) is 1. The maximum Gasteiger partial charge on any atom is 0.308 e. The summed E-state index contributed by atoms with van der Waals surface area (Å²) in [6.45, 7) is 1.51. The Bertz CT molecular complexity index is 1280. The van der Waals surface area contributed by atoms with Crippen LogP contribution in [-0.2, 0) is 4.79 Å². The van der Waals surface area contributed by atoms with Gasteiger partial charge in [-0.3, -0.25) is 9.89 Å². The first kappa shape index (κ1) is 20.6. The van der Waals surface area contributed by atoms with Crippen molar-refractivity contribution in [2.75, 3.05) is 5.32 Å². The first-order valence-corrected chi connectivity index (χ1v) is 10.9. The van der Waals surface area contributed by atoms with Crippen molar-refractivity contribution in [1.29, 1.82) is 5.26 Å². The summed E-state index contributed by atoms with van der Waals surface area (Å²) in [5.74, 6) is -1.98. The zero-order valence-electron chi connectivity index (χ0n) is 17.2. The Morgan fingerprint density at radius 1 is 1.34 bits per heavy atom. The predicted octanol–water partition coefficient (Wildman–Crippen LogP) is 4.29. The number of carbonyl (C=O) groups is 1. The van der Waals surface area contributed by atoms with E-state index in [1.165, 1.54) is 13.1 Å². The number of hydrogen-bond acceptors (Lipinski definition) is 6. The topological polar surface area (TPSA) is 128 Å². The lowest BCUT2D eigenvalue weighted by molar-refractivity contribution is -0.148. The number of nitrogens with one attached hydrogen (secondary N) is 2. The van der Waals surface area contributed by atoms with E-state index >= 15 is 4.39 Å². The second kappa shape index (κ2) is 7.71. The molecule has 2 bridgehead atoms. The molecular formula is C22H20ClFN6O2. The van der Waals surface area contributed by atoms with Crippen LogP contribution in [0.3, 0.4) is 0 Å². The van der Waals surface area contributed by atoms with E-state index in [1.54, 1.807) is 6.07 Å². The van der Waals surface area contributed by atoms with Crippen molar-refractivity contribution < 1.29 is 14.3 Å². The number of nitrogens with zero attached hydrogens (tertiary/aromatic N) is 4. The van der Waals surface area contributed by atoms with Gasteiger partial charge >= 0.3 is 5.97 Å². The molecule has 6 rings (SSSR count). The van der Waals surface area contributed by atoms with E-state index in [0.29, 0.717) is 21.7 Å². The first-order chi connectivity index (χ1) is 15.4. The number of fused-ring (bicyclic) bond motifs is 4. The van der Waals surface area contributed by atoms with Crippen molar-refractivity contribution in [2.45, 2.75) is 38.6 Å². The maximum absolute atomic E-state index is 15.3. The molecule has 0 radical (unpaired) electrons. The number of nitriles is 1. The monoisotopic (exact) mass is 454 g/mol. The Balaban J connectivity index is 1.63. The highest BCUT2D eigenvalue weighted by Crippen LogP contribution is 2.46. The number of hydrogen-bond donors (Lipinski definition) is 3. The zero-order chi connectivity index (χ0) is 22.6. The summed E-state index contributed by atoms with van der Waals surface area (Å²) in [6, 6.07) is 3.26. The summed E-state index contributed by atoms with van der Waals surface area (Å²) in [4.78, 5) is 20.6. The highest BCUT2D eigenvalue weighted by atomic mass is 35.5. The molecular weight excluding hydrogens is 435 g/mol. The second-order valence-electron chi connectivity index (χ2n) is 8.57. The largest absolute Gasteiger partial charge is 0.481 e. The Kier molecular flexibility index (Phi) is 4.97. The van der Waals surface area contributed by atoms with Crippen LogP contribution in [0.4, 0.5) is 10.2 Å². The van der Waals surface area contributed by atoms with E-state index in [0.717, 1.165) is 25.7 Å². The number of anilines is 1. The lowest BCUT2D eigenvalue weighted by atomic mass is 9.61. The van der Waals surface area contributed by atoms with Crippen LogP contribution in [0.15, 0.2) is 12.3 Å².